The van der Waals surface area contributed by atoms with Crippen LogP contribution in [-0.4, -0.2) is 83.1 Å². The van der Waals surface area contributed by atoms with Crippen LogP contribution in [0.2, 0.25) is 0 Å². The van der Waals surface area contributed by atoms with E-state index >= 15 is 0 Å². The molecule has 7 aliphatic rings. The molecule has 4 fully saturated rings. The molecule has 1 heterocycles. The number of halogens is 4. The van der Waals surface area contributed by atoms with Gasteiger partial charge in [-0.2, -0.15) is 21.6 Å². The Morgan fingerprint density at radius 1 is 0.909 bits per heavy atom. The van der Waals surface area contributed by atoms with Crippen LogP contribution in [0, 0.1) is 50.7 Å². The Labute approximate surface area is 390 Å². The number of esters is 1. The Bertz CT molecular complexity index is 2420. The maximum atomic E-state index is 14.8. The lowest BCUT2D eigenvalue weighted by Gasteiger charge is -2.71. The van der Waals surface area contributed by atoms with Gasteiger partial charge in [0.05, 0.1) is 22.5 Å². The summed E-state index contributed by atoms with van der Waals surface area (Å²) in [5, 5.41) is 3.73. The molecule has 9 nitrogen and oxygen atoms in total. The topological polar surface area (TPSA) is 119 Å². The number of ether oxygens (including phenoxy) is 1. The van der Waals surface area contributed by atoms with Crippen LogP contribution in [0.4, 0.5) is 17.6 Å². The number of hydrogen-bond donors (Lipinski definition) is 1. The van der Waals surface area contributed by atoms with Gasteiger partial charge < -0.3 is 19.1 Å². The van der Waals surface area contributed by atoms with Gasteiger partial charge in [-0.3, -0.25) is 4.79 Å². The van der Waals surface area contributed by atoms with Gasteiger partial charge >= 0.3 is 21.6 Å². The van der Waals surface area contributed by atoms with Crippen molar-refractivity contribution >= 4 is 25.9 Å². The molecular weight excluding hydrogens is 893 g/mol. The zero-order chi connectivity index (χ0) is 47.9. The van der Waals surface area contributed by atoms with Gasteiger partial charge in [-0.05, 0) is 143 Å². The van der Waals surface area contributed by atoms with Crippen LogP contribution in [0.3, 0.4) is 0 Å². The van der Waals surface area contributed by atoms with Gasteiger partial charge in [-0.1, -0.05) is 91.0 Å². The van der Waals surface area contributed by atoms with Gasteiger partial charge in [0.15, 0.2) is 9.84 Å². The molecule has 0 aromatic heterocycles. The van der Waals surface area contributed by atoms with Gasteiger partial charge in [0.25, 0.3) is 0 Å². The Hall–Kier alpha value is -3.01. The molecule has 0 bridgehead atoms. The summed E-state index contributed by atoms with van der Waals surface area (Å²) in [5.41, 5.74) is -3.59. The van der Waals surface area contributed by atoms with E-state index < -0.39 is 49.1 Å². The van der Waals surface area contributed by atoms with Crippen LogP contribution in [0.25, 0.3) is 0 Å². The van der Waals surface area contributed by atoms with Crippen LogP contribution in [-0.2, 0) is 40.3 Å². The summed E-state index contributed by atoms with van der Waals surface area (Å²) in [6, 6.07) is 9.43. The second-order valence-electron chi connectivity index (χ2n) is 22.4. The van der Waals surface area contributed by atoms with E-state index in [9.17, 15) is 39.2 Å². The first-order valence-electron chi connectivity index (χ1n) is 24.1. The minimum atomic E-state index is -5.95. The number of fused-ring (bicyclic) bond motifs is 7. The van der Waals surface area contributed by atoms with Crippen molar-refractivity contribution < 1.29 is 48.1 Å². The average Bonchev–Trinajstić information content (AvgIpc) is 3.57. The highest BCUT2D eigenvalue weighted by Gasteiger charge is 2.69. The number of alkyl halides is 4. The van der Waals surface area contributed by atoms with Gasteiger partial charge in [0.1, 0.15) is 19.0 Å². The van der Waals surface area contributed by atoms with E-state index in [1.165, 1.54) is 11.1 Å². The third kappa shape index (κ3) is 8.16. The van der Waals surface area contributed by atoms with Crippen molar-refractivity contribution in [2.45, 2.75) is 130 Å². The molecule has 1 aliphatic heterocycles. The second kappa shape index (κ2) is 17.1. The quantitative estimate of drug-likeness (QED) is 0.0945. The predicted octanol–water partition coefficient (Wildman–Crippen LogP) is 10.2. The van der Waals surface area contributed by atoms with Crippen LogP contribution < -0.4 is 5.32 Å². The van der Waals surface area contributed by atoms with Crippen molar-refractivity contribution in [3.05, 3.63) is 82.2 Å². The highest BCUT2D eigenvalue weighted by atomic mass is 32.2. The van der Waals surface area contributed by atoms with Gasteiger partial charge in [-0.25, -0.2) is 12.8 Å². The van der Waals surface area contributed by atoms with Crippen molar-refractivity contribution in [3.63, 3.8) is 0 Å². The van der Waals surface area contributed by atoms with E-state index in [0.29, 0.717) is 69.3 Å². The molecule has 0 radical (unpaired) electrons. The third-order valence-electron chi connectivity index (χ3n) is 18.5. The van der Waals surface area contributed by atoms with Crippen molar-refractivity contribution in [3.8, 4) is 0 Å². The van der Waals surface area contributed by atoms with Gasteiger partial charge in [0.2, 0.25) is 0 Å². The van der Waals surface area contributed by atoms with Crippen molar-refractivity contribution in [1.82, 2.24) is 10.2 Å². The summed E-state index contributed by atoms with van der Waals surface area (Å²) in [4.78, 5) is 15.5. The van der Waals surface area contributed by atoms with Gasteiger partial charge in [0, 0.05) is 26.2 Å². The number of sulfone groups is 1. The largest absolute Gasteiger partial charge is 0.534 e. The zero-order valence-corrected chi connectivity index (χ0v) is 41.4. The summed E-state index contributed by atoms with van der Waals surface area (Å²) in [5.74, 6) is -0.296. The van der Waals surface area contributed by atoms with Crippen molar-refractivity contribution in [2.24, 2.45) is 50.7 Å². The van der Waals surface area contributed by atoms with E-state index in [2.05, 4.69) is 57.0 Å². The van der Waals surface area contributed by atoms with Gasteiger partial charge in [-0.15, -0.1) is 0 Å². The third-order valence-corrected chi connectivity index (χ3v) is 21.0. The lowest BCUT2D eigenvalue weighted by Crippen LogP contribution is -2.66. The number of hydrogen-bond acceptors (Lipinski definition) is 9. The Kier molecular flexibility index (Phi) is 12.8. The van der Waals surface area contributed by atoms with Crippen LogP contribution >= 0.6 is 0 Å². The first-order valence-corrected chi connectivity index (χ1v) is 27.3. The van der Waals surface area contributed by atoms with E-state index in [1.54, 1.807) is 6.08 Å². The molecule has 8 rings (SSSR count). The molecule has 6 aliphatic carbocycles. The Morgan fingerprint density at radius 3 is 2.23 bits per heavy atom. The molecular formula is C51H70F4N2O7S2. The SMILES string of the molecule is CC(C)C1=C2[C@H]3CC[C@@H]4[C@@]5(C)CC=C(C6=CC[C@](CF)(C(=O)OCc7ccccc7)CC6)C(C)(C)[C@@H]5CC[C@@]4(C)[C@]3(C)CC[C@@]2(NCCN2CCS(=O)(=O)CC2)C=C1OS(=O)(=O)C(F)(F)F. The lowest BCUT2D eigenvalue weighted by atomic mass is 9.33. The number of nitrogens with one attached hydrogen (secondary N) is 1. The van der Waals surface area contributed by atoms with Crippen LogP contribution in [0.1, 0.15) is 118 Å². The molecule has 1 aromatic rings. The molecule has 15 heteroatoms. The molecule has 8 atom stereocenters. The van der Waals surface area contributed by atoms with Crippen LogP contribution in [0.15, 0.2) is 76.6 Å². The minimum absolute atomic E-state index is 0.0612. The fourth-order valence-electron chi connectivity index (χ4n) is 14.8. The molecule has 66 heavy (non-hydrogen) atoms. The second-order valence-corrected chi connectivity index (χ2v) is 26.3. The smallest absolute Gasteiger partial charge is 0.460 e. The molecule has 366 valence electrons. The molecule has 1 saturated heterocycles. The Balaban J connectivity index is 1.07. The normalized spacial score (nSPS) is 36.5. The minimum Gasteiger partial charge on any atom is -0.460 e. The zero-order valence-electron chi connectivity index (χ0n) is 39.8. The molecule has 3 saturated carbocycles. The predicted molar refractivity (Wildman–Crippen MR) is 247 cm³/mol. The summed E-state index contributed by atoms with van der Waals surface area (Å²) in [7, 11) is -9.04. The van der Waals surface area contributed by atoms with E-state index in [-0.39, 0.29) is 57.4 Å². The maximum absolute atomic E-state index is 14.8. The monoisotopic (exact) mass is 962 g/mol. The summed E-state index contributed by atoms with van der Waals surface area (Å²) >= 11 is 0. The van der Waals surface area contributed by atoms with E-state index in [0.717, 1.165) is 49.7 Å². The average molecular weight is 963 g/mol. The van der Waals surface area contributed by atoms with Crippen molar-refractivity contribution in [2.75, 3.05) is 44.4 Å². The number of benzene rings is 1. The maximum Gasteiger partial charge on any atom is 0.534 e. The standard InChI is InChI=1S/C51H70F4N2O7S2/c1-34(2)42-39(64-66(61,62)51(53,54)55)31-50(56-25-26-57-27-29-65(59,60)30-28-57)24-23-47(6)38(43(42)50)13-14-41-46(5)19-17-37(45(3,4)40(46)18-20-48(41,47)7)36-15-21-49(33-52,22-16-36)44(58)63-32-35-11-9-8-10-12-35/h8-12,15,17,31,34,38,40-41,56H,13-14,16,18-30,32-33H2,1-7H3/t38-,40+,41-,46+,47-,48-,49+,50-/m1/s1. The fraction of sp³-hybridized carbons (Fsp3) is 0.706. The number of allylic oxidation sites excluding steroid dienone is 5. The summed E-state index contributed by atoms with van der Waals surface area (Å²) < 4.78 is 117. The molecule has 1 N–H and O–H groups in total. The van der Waals surface area contributed by atoms with E-state index in [4.69, 9.17) is 8.92 Å². The molecule has 0 spiro atoms. The fourth-order valence-corrected chi connectivity index (χ4v) is 16.5. The van der Waals surface area contributed by atoms with E-state index in [1.807, 2.05) is 44.2 Å². The highest BCUT2D eigenvalue weighted by Crippen LogP contribution is 2.76. The number of nitrogens with zero attached hydrogens (tertiary/aromatic N) is 1. The molecule has 1 aromatic carbocycles. The number of rotatable bonds is 12. The van der Waals surface area contributed by atoms with Crippen molar-refractivity contribution in [1.29, 1.82) is 0 Å². The summed E-state index contributed by atoms with van der Waals surface area (Å²) in [6.45, 7) is 16.9. The Morgan fingerprint density at radius 2 is 1.61 bits per heavy atom. The number of carbonyl (C=O) groups excluding carboxylic acids is 1. The first kappa shape index (κ1) is 49.4. The first-order chi connectivity index (χ1) is 30.8. The van der Waals surface area contributed by atoms with Crippen LogP contribution in [0.5, 0.6) is 0 Å². The highest BCUT2D eigenvalue weighted by molar-refractivity contribution is 7.91. The molecule has 0 amide bonds. The number of carbonyl (C=O) groups is 1. The molecule has 0 unspecified atom stereocenters. The summed E-state index contributed by atoms with van der Waals surface area (Å²) in [6.07, 6.45) is 13.2. The lowest BCUT2D eigenvalue weighted by molar-refractivity contribution is -0.195.